The smallest absolute Gasteiger partial charge is 0.369 e. The van der Waals surface area contributed by atoms with E-state index >= 15 is 0 Å². The lowest BCUT2D eigenvalue weighted by atomic mass is 10.2. The van der Waals surface area contributed by atoms with Crippen LogP contribution >= 0.6 is 0 Å². The molecule has 3 aromatic rings. The highest BCUT2D eigenvalue weighted by atomic mass is 16.5. The van der Waals surface area contributed by atoms with Crippen LogP contribution in [0.4, 0.5) is 0 Å². The highest BCUT2D eigenvalue weighted by Crippen LogP contribution is 2.28. The summed E-state index contributed by atoms with van der Waals surface area (Å²) in [5.41, 5.74) is 1.45. The van der Waals surface area contributed by atoms with Crippen molar-refractivity contribution in [1.29, 1.82) is 0 Å². The van der Waals surface area contributed by atoms with Crippen molar-refractivity contribution in [3.8, 4) is 17.2 Å². The molecule has 0 aliphatic heterocycles. The molecule has 1 aromatic heterocycles. The van der Waals surface area contributed by atoms with Gasteiger partial charge in [0.1, 0.15) is 6.67 Å². The predicted octanol–water partition coefficient (Wildman–Crippen LogP) is 1.93. The molecular weight excluding hydrogens is 346 g/mol. The molecule has 0 radical (unpaired) electrons. The summed E-state index contributed by atoms with van der Waals surface area (Å²) in [5, 5.41) is 7.94. The predicted molar refractivity (Wildman–Crippen MR) is 101 cm³/mol. The van der Waals surface area contributed by atoms with E-state index in [0.717, 1.165) is 5.56 Å². The summed E-state index contributed by atoms with van der Waals surface area (Å²) in [6, 6.07) is 15.0. The summed E-state index contributed by atoms with van der Waals surface area (Å²) in [6.07, 6.45) is 0. The number of benzene rings is 2. The molecule has 0 spiro atoms. The molecule has 2 aromatic carbocycles. The second kappa shape index (κ2) is 8.50. The maximum atomic E-state index is 12.5. The van der Waals surface area contributed by atoms with Crippen molar-refractivity contribution in [1.82, 2.24) is 24.7 Å². The number of aromatic nitrogens is 4. The van der Waals surface area contributed by atoms with Crippen LogP contribution in [0.3, 0.4) is 0 Å². The number of hydrogen-bond donors (Lipinski definition) is 0. The second-order valence-electron chi connectivity index (χ2n) is 6.08. The van der Waals surface area contributed by atoms with Crippen LogP contribution in [-0.2, 0) is 13.2 Å². The SMILES string of the molecule is CCOc1ccc(CN(C)Cn2nnn(-c3ccccc3)c2=O)cc1OC. The monoisotopic (exact) mass is 369 g/mol. The van der Waals surface area contributed by atoms with Gasteiger partial charge in [0.05, 0.1) is 19.4 Å². The van der Waals surface area contributed by atoms with Gasteiger partial charge in [0.25, 0.3) is 0 Å². The van der Waals surface area contributed by atoms with Gasteiger partial charge in [-0.1, -0.05) is 24.3 Å². The number of hydrogen-bond acceptors (Lipinski definition) is 6. The summed E-state index contributed by atoms with van der Waals surface area (Å²) < 4.78 is 13.5. The van der Waals surface area contributed by atoms with Gasteiger partial charge in [-0.05, 0) is 54.2 Å². The van der Waals surface area contributed by atoms with Crippen LogP contribution in [-0.4, -0.2) is 45.5 Å². The van der Waals surface area contributed by atoms with Gasteiger partial charge in [-0.15, -0.1) is 0 Å². The molecule has 0 saturated heterocycles. The first kappa shape index (κ1) is 18.7. The zero-order valence-electron chi connectivity index (χ0n) is 15.7. The Kier molecular flexibility index (Phi) is 5.87. The van der Waals surface area contributed by atoms with Crippen molar-refractivity contribution in [2.24, 2.45) is 0 Å². The normalized spacial score (nSPS) is 11.0. The molecule has 0 N–H and O–H groups in total. The Morgan fingerprint density at radius 3 is 2.56 bits per heavy atom. The third-order valence-corrected chi connectivity index (χ3v) is 4.00. The van der Waals surface area contributed by atoms with Gasteiger partial charge in [-0.25, -0.2) is 4.79 Å². The first-order valence-corrected chi connectivity index (χ1v) is 8.69. The molecule has 8 heteroatoms. The fourth-order valence-corrected chi connectivity index (χ4v) is 2.77. The van der Waals surface area contributed by atoms with Gasteiger partial charge in [0.15, 0.2) is 11.5 Å². The maximum absolute atomic E-state index is 12.5. The minimum Gasteiger partial charge on any atom is -0.493 e. The molecule has 0 amide bonds. The molecule has 142 valence electrons. The Morgan fingerprint density at radius 1 is 1.07 bits per heavy atom. The number of nitrogens with zero attached hydrogens (tertiary/aromatic N) is 5. The third kappa shape index (κ3) is 4.35. The van der Waals surface area contributed by atoms with Crippen LogP contribution in [0, 0.1) is 0 Å². The van der Waals surface area contributed by atoms with Crippen molar-refractivity contribution in [2.75, 3.05) is 20.8 Å². The molecule has 0 aliphatic rings. The van der Waals surface area contributed by atoms with Crippen molar-refractivity contribution in [2.45, 2.75) is 20.1 Å². The van der Waals surface area contributed by atoms with Crippen LogP contribution in [0.15, 0.2) is 53.3 Å². The summed E-state index contributed by atoms with van der Waals surface area (Å²) in [7, 11) is 3.53. The minimum atomic E-state index is -0.280. The Labute approximate surface area is 157 Å². The van der Waals surface area contributed by atoms with Crippen LogP contribution in [0.5, 0.6) is 11.5 Å². The van der Waals surface area contributed by atoms with E-state index in [1.54, 1.807) is 7.11 Å². The Balaban J connectivity index is 1.71. The zero-order chi connectivity index (χ0) is 19.2. The van der Waals surface area contributed by atoms with E-state index in [1.807, 2.05) is 67.4 Å². The molecule has 0 fully saturated rings. The molecule has 8 nitrogen and oxygen atoms in total. The highest BCUT2D eigenvalue weighted by Gasteiger charge is 2.12. The fraction of sp³-hybridized carbons (Fsp3) is 0.316. The van der Waals surface area contributed by atoms with Crippen LogP contribution < -0.4 is 15.2 Å². The standard InChI is InChI=1S/C19H23N5O3/c1-4-27-17-11-10-15(12-18(17)26-3)13-22(2)14-23-19(25)24(21-20-23)16-8-6-5-7-9-16/h5-12H,4,13-14H2,1-3H3. The molecule has 27 heavy (non-hydrogen) atoms. The second-order valence-corrected chi connectivity index (χ2v) is 6.08. The molecule has 0 bridgehead atoms. The van der Waals surface area contributed by atoms with E-state index in [0.29, 0.717) is 37.0 Å². The highest BCUT2D eigenvalue weighted by molar-refractivity contribution is 5.42. The van der Waals surface area contributed by atoms with Gasteiger partial charge in [0.2, 0.25) is 0 Å². The van der Waals surface area contributed by atoms with Gasteiger partial charge in [-0.3, -0.25) is 4.90 Å². The average Bonchev–Trinajstić information content (AvgIpc) is 3.04. The van der Waals surface area contributed by atoms with Gasteiger partial charge in [0, 0.05) is 6.54 Å². The molecule has 0 unspecified atom stereocenters. The Bertz CT molecular complexity index is 936. The molecular formula is C19H23N5O3. The number of rotatable bonds is 8. The minimum absolute atomic E-state index is 0.280. The summed E-state index contributed by atoms with van der Waals surface area (Å²) in [4.78, 5) is 14.5. The molecule has 1 heterocycles. The Hall–Kier alpha value is -3.13. The van der Waals surface area contributed by atoms with Gasteiger partial charge in [-0.2, -0.15) is 9.36 Å². The first-order valence-electron chi connectivity index (χ1n) is 8.69. The first-order chi connectivity index (χ1) is 13.1. The third-order valence-electron chi connectivity index (χ3n) is 4.00. The van der Waals surface area contributed by atoms with Crippen molar-refractivity contribution in [3.05, 3.63) is 64.6 Å². The number of para-hydroxylation sites is 1. The number of tetrazole rings is 1. The van der Waals surface area contributed by atoms with Crippen molar-refractivity contribution in [3.63, 3.8) is 0 Å². The Morgan fingerprint density at radius 2 is 1.85 bits per heavy atom. The van der Waals surface area contributed by atoms with Crippen molar-refractivity contribution < 1.29 is 9.47 Å². The van der Waals surface area contributed by atoms with Crippen LogP contribution in [0.2, 0.25) is 0 Å². The molecule has 3 rings (SSSR count). The maximum Gasteiger partial charge on any atom is 0.369 e. The molecule has 0 aliphatic carbocycles. The van der Waals surface area contributed by atoms with Crippen LogP contribution in [0.1, 0.15) is 12.5 Å². The lowest BCUT2D eigenvalue weighted by Crippen LogP contribution is -2.31. The summed E-state index contributed by atoms with van der Waals surface area (Å²) >= 11 is 0. The zero-order valence-corrected chi connectivity index (χ0v) is 15.7. The lowest BCUT2D eigenvalue weighted by Gasteiger charge is -2.17. The van der Waals surface area contributed by atoms with Gasteiger partial charge >= 0.3 is 5.69 Å². The van der Waals surface area contributed by atoms with E-state index < -0.39 is 0 Å². The molecule has 0 saturated carbocycles. The number of ether oxygens (including phenoxy) is 2. The van der Waals surface area contributed by atoms with Crippen LogP contribution in [0.25, 0.3) is 5.69 Å². The van der Waals surface area contributed by atoms with E-state index in [2.05, 4.69) is 10.4 Å². The largest absolute Gasteiger partial charge is 0.493 e. The quantitative estimate of drug-likeness (QED) is 0.604. The topological polar surface area (TPSA) is 74.4 Å². The van der Waals surface area contributed by atoms with E-state index in [1.165, 1.54) is 9.36 Å². The summed E-state index contributed by atoms with van der Waals surface area (Å²) in [6.45, 7) is 3.45. The lowest BCUT2D eigenvalue weighted by molar-refractivity contribution is 0.239. The number of methoxy groups -OCH3 is 1. The summed E-state index contributed by atoms with van der Waals surface area (Å²) in [5.74, 6) is 1.41. The molecule has 0 atom stereocenters. The van der Waals surface area contributed by atoms with Gasteiger partial charge < -0.3 is 9.47 Å². The van der Waals surface area contributed by atoms with E-state index in [4.69, 9.17) is 9.47 Å². The van der Waals surface area contributed by atoms with Crippen molar-refractivity contribution >= 4 is 0 Å². The van der Waals surface area contributed by atoms with E-state index in [-0.39, 0.29) is 5.69 Å². The average molecular weight is 369 g/mol. The van der Waals surface area contributed by atoms with E-state index in [9.17, 15) is 4.79 Å². The fourth-order valence-electron chi connectivity index (χ4n) is 2.77.